The molecule has 0 radical (unpaired) electrons. The molecule has 0 unspecified atom stereocenters. The number of halogens is 1. The fourth-order valence-electron chi connectivity index (χ4n) is 1.90. The number of hydrogen-bond acceptors (Lipinski definition) is 3. The van der Waals surface area contributed by atoms with E-state index in [1.54, 1.807) is 25.1 Å². The van der Waals surface area contributed by atoms with E-state index in [1.165, 1.54) is 0 Å². The maximum Gasteiger partial charge on any atom is 0.338 e. The van der Waals surface area contributed by atoms with Crippen LogP contribution in [0.4, 0.5) is 5.69 Å². The predicted octanol–water partition coefficient (Wildman–Crippen LogP) is 4.00. The summed E-state index contributed by atoms with van der Waals surface area (Å²) in [6.07, 6.45) is 0. The molecular formula is C17H17ClN2O2S. The molecule has 120 valence electrons. The lowest BCUT2D eigenvalue weighted by atomic mass is 10.2. The van der Waals surface area contributed by atoms with E-state index in [2.05, 4.69) is 10.6 Å². The molecule has 0 fully saturated rings. The average Bonchev–Trinajstić information content (AvgIpc) is 2.55. The second-order valence-corrected chi connectivity index (χ2v) is 5.58. The summed E-state index contributed by atoms with van der Waals surface area (Å²) in [7, 11) is 0. The largest absolute Gasteiger partial charge is 0.462 e. The SMILES string of the molecule is CCOC(=O)c1cccc(NC(=S)NCc2ccc(Cl)cc2)c1. The van der Waals surface area contributed by atoms with E-state index in [0.717, 1.165) is 11.3 Å². The molecule has 2 rings (SSSR count). The second kappa shape index (κ2) is 8.50. The highest BCUT2D eigenvalue weighted by atomic mass is 35.5. The van der Waals surface area contributed by atoms with Crippen LogP contribution in [0.2, 0.25) is 5.02 Å². The summed E-state index contributed by atoms with van der Waals surface area (Å²) in [4.78, 5) is 11.7. The standard InChI is InChI=1S/C17H17ClN2O2S/c1-2-22-16(21)13-4-3-5-15(10-13)20-17(23)19-11-12-6-8-14(18)9-7-12/h3-10H,2,11H2,1H3,(H2,19,20,23). The minimum Gasteiger partial charge on any atom is -0.462 e. The van der Waals surface area contributed by atoms with Gasteiger partial charge in [-0.05, 0) is 55.0 Å². The first-order valence-corrected chi connectivity index (χ1v) is 7.93. The van der Waals surface area contributed by atoms with Crippen LogP contribution in [-0.2, 0) is 11.3 Å². The fourth-order valence-corrected chi connectivity index (χ4v) is 2.21. The van der Waals surface area contributed by atoms with Crippen molar-refractivity contribution in [2.45, 2.75) is 13.5 Å². The zero-order valence-electron chi connectivity index (χ0n) is 12.6. The van der Waals surface area contributed by atoms with Crippen molar-refractivity contribution in [3.8, 4) is 0 Å². The topological polar surface area (TPSA) is 50.4 Å². The maximum absolute atomic E-state index is 11.7. The van der Waals surface area contributed by atoms with E-state index < -0.39 is 0 Å². The Kier molecular flexibility index (Phi) is 6.38. The number of esters is 1. The highest BCUT2D eigenvalue weighted by molar-refractivity contribution is 7.80. The molecule has 0 amide bonds. The van der Waals surface area contributed by atoms with Gasteiger partial charge in [0.2, 0.25) is 0 Å². The van der Waals surface area contributed by atoms with E-state index in [4.69, 9.17) is 28.6 Å². The van der Waals surface area contributed by atoms with Crippen molar-refractivity contribution in [2.75, 3.05) is 11.9 Å². The quantitative estimate of drug-likeness (QED) is 0.631. The van der Waals surface area contributed by atoms with Gasteiger partial charge in [0.25, 0.3) is 0 Å². The summed E-state index contributed by atoms with van der Waals surface area (Å²) < 4.78 is 4.98. The summed E-state index contributed by atoms with van der Waals surface area (Å²) >= 11 is 11.1. The number of anilines is 1. The number of carbonyl (C=O) groups is 1. The van der Waals surface area contributed by atoms with Crippen LogP contribution in [0, 0.1) is 0 Å². The van der Waals surface area contributed by atoms with Crippen LogP contribution in [0.25, 0.3) is 0 Å². The summed E-state index contributed by atoms with van der Waals surface area (Å²) in [6.45, 7) is 2.70. The molecular weight excluding hydrogens is 332 g/mol. The van der Waals surface area contributed by atoms with Crippen molar-refractivity contribution >= 4 is 40.6 Å². The van der Waals surface area contributed by atoms with Crippen LogP contribution >= 0.6 is 23.8 Å². The zero-order chi connectivity index (χ0) is 16.7. The molecule has 0 aliphatic heterocycles. The minimum absolute atomic E-state index is 0.345. The van der Waals surface area contributed by atoms with Gasteiger partial charge in [0, 0.05) is 17.3 Å². The Morgan fingerprint density at radius 1 is 1.22 bits per heavy atom. The summed E-state index contributed by atoms with van der Waals surface area (Å²) in [5, 5.41) is 7.32. The highest BCUT2D eigenvalue weighted by Gasteiger charge is 2.07. The molecule has 0 bridgehead atoms. The molecule has 23 heavy (non-hydrogen) atoms. The van der Waals surface area contributed by atoms with E-state index >= 15 is 0 Å². The van der Waals surface area contributed by atoms with Gasteiger partial charge < -0.3 is 15.4 Å². The Morgan fingerprint density at radius 3 is 2.65 bits per heavy atom. The molecule has 0 saturated carbocycles. The van der Waals surface area contributed by atoms with Crippen molar-refractivity contribution in [1.82, 2.24) is 5.32 Å². The zero-order valence-corrected chi connectivity index (χ0v) is 14.2. The molecule has 0 atom stereocenters. The van der Waals surface area contributed by atoms with E-state index in [0.29, 0.717) is 28.9 Å². The second-order valence-electron chi connectivity index (χ2n) is 4.74. The highest BCUT2D eigenvalue weighted by Crippen LogP contribution is 2.12. The Bertz CT molecular complexity index is 689. The molecule has 2 aromatic carbocycles. The molecule has 0 aromatic heterocycles. The monoisotopic (exact) mass is 348 g/mol. The lowest BCUT2D eigenvalue weighted by Gasteiger charge is -2.11. The van der Waals surface area contributed by atoms with Crippen LogP contribution in [-0.4, -0.2) is 17.7 Å². The first-order valence-electron chi connectivity index (χ1n) is 7.15. The normalized spacial score (nSPS) is 10.0. The average molecular weight is 349 g/mol. The third-order valence-electron chi connectivity index (χ3n) is 3.00. The fraction of sp³-hybridized carbons (Fsp3) is 0.176. The maximum atomic E-state index is 11.7. The van der Waals surface area contributed by atoms with Gasteiger partial charge >= 0.3 is 5.97 Å². The number of hydrogen-bond donors (Lipinski definition) is 2. The van der Waals surface area contributed by atoms with Gasteiger partial charge in [-0.15, -0.1) is 0 Å². The van der Waals surface area contributed by atoms with Crippen LogP contribution in [0.1, 0.15) is 22.8 Å². The van der Waals surface area contributed by atoms with Crippen molar-refractivity contribution < 1.29 is 9.53 Å². The van der Waals surface area contributed by atoms with Gasteiger partial charge in [-0.1, -0.05) is 29.8 Å². The first-order chi connectivity index (χ1) is 11.1. The van der Waals surface area contributed by atoms with E-state index in [9.17, 15) is 4.79 Å². The van der Waals surface area contributed by atoms with Crippen molar-refractivity contribution in [3.63, 3.8) is 0 Å². The summed E-state index contributed by atoms with van der Waals surface area (Å²) in [5.41, 5.74) is 2.28. The van der Waals surface area contributed by atoms with Crippen LogP contribution in [0.3, 0.4) is 0 Å². The number of nitrogens with one attached hydrogen (secondary N) is 2. The van der Waals surface area contributed by atoms with Gasteiger partial charge in [0.1, 0.15) is 0 Å². The number of benzene rings is 2. The number of ether oxygens (including phenoxy) is 1. The van der Waals surface area contributed by atoms with Crippen molar-refractivity contribution in [2.24, 2.45) is 0 Å². The van der Waals surface area contributed by atoms with Gasteiger partial charge in [0.15, 0.2) is 5.11 Å². The molecule has 0 aliphatic carbocycles. The van der Waals surface area contributed by atoms with E-state index in [-0.39, 0.29) is 5.97 Å². The van der Waals surface area contributed by atoms with E-state index in [1.807, 2.05) is 30.3 Å². The molecule has 4 nitrogen and oxygen atoms in total. The number of thiocarbonyl (C=S) groups is 1. The van der Waals surface area contributed by atoms with Crippen LogP contribution in [0.5, 0.6) is 0 Å². The molecule has 6 heteroatoms. The Hall–Kier alpha value is -2.11. The minimum atomic E-state index is -0.351. The first kappa shape index (κ1) is 17.2. The molecule has 2 aromatic rings. The summed E-state index contributed by atoms with van der Waals surface area (Å²) in [6, 6.07) is 14.5. The molecule has 0 spiro atoms. The van der Waals surface area contributed by atoms with Gasteiger partial charge in [-0.3, -0.25) is 0 Å². The van der Waals surface area contributed by atoms with Crippen molar-refractivity contribution in [3.05, 3.63) is 64.7 Å². The van der Waals surface area contributed by atoms with Gasteiger partial charge in [-0.2, -0.15) is 0 Å². The Balaban J connectivity index is 1.91. The smallest absolute Gasteiger partial charge is 0.338 e. The molecule has 0 saturated heterocycles. The third-order valence-corrected chi connectivity index (χ3v) is 3.50. The molecule has 0 aliphatic rings. The number of rotatable bonds is 5. The molecule has 2 N–H and O–H groups in total. The van der Waals surface area contributed by atoms with Crippen LogP contribution in [0.15, 0.2) is 48.5 Å². The third kappa shape index (κ3) is 5.54. The van der Waals surface area contributed by atoms with Crippen molar-refractivity contribution in [1.29, 1.82) is 0 Å². The summed E-state index contributed by atoms with van der Waals surface area (Å²) in [5.74, 6) is -0.351. The lowest BCUT2D eigenvalue weighted by molar-refractivity contribution is 0.0526. The van der Waals surface area contributed by atoms with Crippen LogP contribution < -0.4 is 10.6 Å². The lowest BCUT2D eigenvalue weighted by Crippen LogP contribution is -2.27. The van der Waals surface area contributed by atoms with Gasteiger partial charge in [0.05, 0.1) is 12.2 Å². The number of carbonyl (C=O) groups excluding carboxylic acids is 1. The predicted molar refractivity (Wildman–Crippen MR) is 96.9 cm³/mol. The Morgan fingerprint density at radius 2 is 1.96 bits per heavy atom. The van der Waals surface area contributed by atoms with Gasteiger partial charge in [-0.25, -0.2) is 4.79 Å². The Labute approximate surface area is 145 Å². The molecule has 0 heterocycles.